The topological polar surface area (TPSA) is 42.0 Å². The number of carbonyl (C=O) groups excluding carboxylic acids is 1. The lowest BCUT2D eigenvalue weighted by molar-refractivity contribution is 0.0943. The van der Waals surface area contributed by atoms with Crippen molar-refractivity contribution in [3.05, 3.63) is 28.5 Å². The zero-order valence-corrected chi connectivity index (χ0v) is 11.5. The molecule has 1 aromatic heterocycles. The molecule has 0 aromatic carbocycles. The number of amides is 1. The number of aryl methyl sites for hydroxylation is 1. The zero-order valence-electron chi connectivity index (χ0n) is 10.7. The van der Waals surface area contributed by atoms with Crippen LogP contribution < -0.4 is 5.32 Å². The quantitative estimate of drug-likeness (QED) is 0.853. The molecule has 4 heteroatoms. The molecule has 1 aromatic rings. The average molecular weight is 267 g/mol. The van der Waals surface area contributed by atoms with Crippen molar-refractivity contribution in [1.29, 1.82) is 0 Å². The summed E-state index contributed by atoms with van der Waals surface area (Å²) in [7, 11) is 0. The van der Waals surface area contributed by atoms with Crippen molar-refractivity contribution in [1.82, 2.24) is 10.3 Å². The minimum Gasteiger partial charge on any atom is -0.352 e. The average Bonchev–Trinajstić information content (AvgIpc) is 2.37. The molecule has 0 unspecified atom stereocenters. The monoisotopic (exact) mass is 266 g/mol. The van der Waals surface area contributed by atoms with Crippen LogP contribution in [0.2, 0.25) is 5.15 Å². The first-order valence-electron chi connectivity index (χ1n) is 6.58. The van der Waals surface area contributed by atoms with Crippen molar-refractivity contribution in [3.63, 3.8) is 0 Å². The lowest BCUT2D eigenvalue weighted by Gasteiger charge is -2.21. The molecule has 1 heterocycles. The van der Waals surface area contributed by atoms with E-state index in [9.17, 15) is 4.79 Å². The smallest absolute Gasteiger partial charge is 0.254 e. The number of nitrogens with one attached hydrogen (secondary N) is 1. The van der Waals surface area contributed by atoms with E-state index in [1.165, 1.54) is 32.1 Å². The lowest BCUT2D eigenvalue weighted by atomic mass is 9.89. The molecular formula is C14H19ClN2O. The summed E-state index contributed by atoms with van der Waals surface area (Å²) in [6, 6.07) is 3.54. The molecule has 98 valence electrons. The second kappa shape index (κ2) is 6.19. The van der Waals surface area contributed by atoms with Crippen LogP contribution in [0.4, 0.5) is 0 Å². The normalized spacial score (nSPS) is 16.6. The molecule has 1 amide bonds. The van der Waals surface area contributed by atoms with Crippen molar-refractivity contribution in [2.45, 2.75) is 39.0 Å². The van der Waals surface area contributed by atoms with Crippen molar-refractivity contribution < 1.29 is 4.79 Å². The molecule has 0 atom stereocenters. The molecule has 0 saturated heterocycles. The number of hydrogen-bond acceptors (Lipinski definition) is 2. The number of aromatic nitrogens is 1. The van der Waals surface area contributed by atoms with Gasteiger partial charge in [-0.05, 0) is 37.8 Å². The van der Waals surface area contributed by atoms with Gasteiger partial charge in [0.1, 0.15) is 5.15 Å². The number of nitrogens with zero attached hydrogens (tertiary/aromatic N) is 1. The highest BCUT2D eigenvalue weighted by Crippen LogP contribution is 2.23. The van der Waals surface area contributed by atoms with Crippen LogP contribution in [0, 0.1) is 12.8 Å². The number of halogens is 1. The van der Waals surface area contributed by atoms with E-state index < -0.39 is 0 Å². The van der Waals surface area contributed by atoms with Crippen molar-refractivity contribution in [2.24, 2.45) is 5.92 Å². The molecule has 18 heavy (non-hydrogen) atoms. The third-order valence-corrected chi connectivity index (χ3v) is 3.80. The number of carbonyl (C=O) groups is 1. The fourth-order valence-electron chi connectivity index (χ4n) is 2.42. The Morgan fingerprint density at radius 1 is 1.39 bits per heavy atom. The van der Waals surface area contributed by atoms with E-state index in [0.29, 0.717) is 11.5 Å². The fraction of sp³-hybridized carbons (Fsp3) is 0.571. The Balaban J connectivity index is 1.90. The van der Waals surface area contributed by atoms with E-state index in [4.69, 9.17) is 11.6 Å². The highest BCUT2D eigenvalue weighted by Gasteiger charge is 2.16. The summed E-state index contributed by atoms with van der Waals surface area (Å²) in [5.41, 5.74) is 1.29. The summed E-state index contributed by atoms with van der Waals surface area (Å²) in [6.45, 7) is 2.61. The molecule has 0 spiro atoms. The summed E-state index contributed by atoms with van der Waals surface area (Å²) in [5, 5.41) is 3.25. The molecule has 0 bridgehead atoms. The van der Waals surface area contributed by atoms with Gasteiger partial charge in [0.15, 0.2) is 0 Å². The van der Waals surface area contributed by atoms with E-state index in [1.807, 2.05) is 6.92 Å². The van der Waals surface area contributed by atoms with Gasteiger partial charge < -0.3 is 5.32 Å². The summed E-state index contributed by atoms with van der Waals surface area (Å²) in [6.07, 6.45) is 6.35. The van der Waals surface area contributed by atoms with Crippen LogP contribution in [0.3, 0.4) is 0 Å². The predicted octanol–water partition coefficient (Wildman–Crippen LogP) is 3.35. The Kier molecular flexibility index (Phi) is 4.59. The van der Waals surface area contributed by atoms with Gasteiger partial charge in [0.25, 0.3) is 5.91 Å². The third-order valence-electron chi connectivity index (χ3n) is 3.51. The van der Waals surface area contributed by atoms with Crippen LogP contribution in [0.25, 0.3) is 0 Å². The highest BCUT2D eigenvalue weighted by molar-refractivity contribution is 6.32. The van der Waals surface area contributed by atoms with Crippen molar-refractivity contribution in [2.75, 3.05) is 6.54 Å². The van der Waals surface area contributed by atoms with Gasteiger partial charge in [-0.1, -0.05) is 30.9 Å². The largest absolute Gasteiger partial charge is 0.352 e. The standard InChI is InChI=1S/C14H19ClN2O/c1-10-7-8-12(13(15)17-10)14(18)16-9-11-5-3-2-4-6-11/h7-8,11H,2-6,9H2,1H3,(H,16,18). The van der Waals surface area contributed by atoms with Gasteiger partial charge >= 0.3 is 0 Å². The molecule has 2 rings (SSSR count). The SMILES string of the molecule is Cc1ccc(C(=O)NCC2CCCCC2)c(Cl)n1. The van der Waals surface area contributed by atoms with Gasteiger partial charge in [-0.2, -0.15) is 0 Å². The Hall–Kier alpha value is -1.09. The van der Waals surface area contributed by atoms with Crippen LogP contribution in [0.15, 0.2) is 12.1 Å². The van der Waals surface area contributed by atoms with Gasteiger partial charge in [0.2, 0.25) is 0 Å². The summed E-state index contributed by atoms with van der Waals surface area (Å²) >= 11 is 5.97. The second-order valence-corrected chi connectivity index (χ2v) is 5.36. The summed E-state index contributed by atoms with van der Waals surface area (Å²) in [5.74, 6) is 0.512. The highest BCUT2D eigenvalue weighted by atomic mass is 35.5. The predicted molar refractivity (Wildman–Crippen MR) is 72.9 cm³/mol. The van der Waals surface area contributed by atoms with Gasteiger partial charge in [-0.3, -0.25) is 4.79 Å². The maximum Gasteiger partial charge on any atom is 0.254 e. The fourth-order valence-corrected chi connectivity index (χ4v) is 2.70. The van der Waals surface area contributed by atoms with Crippen molar-refractivity contribution in [3.8, 4) is 0 Å². The molecule has 1 fully saturated rings. The summed E-state index contributed by atoms with van der Waals surface area (Å²) in [4.78, 5) is 16.1. The summed E-state index contributed by atoms with van der Waals surface area (Å²) < 4.78 is 0. The van der Waals surface area contributed by atoms with Crippen LogP contribution in [-0.2, 0) is 0 Å². The number of pyridine rings is 1. The molecule has 1 aliphatic carbocycles. The minimum atomic E-state index is -0.113. The lowest BCUT2D eigenvalue weighted by Crippen LogP contribution is -2.30. The first-order chi connectivity index (χ1) is 8.66. The zero-order chi connectivity index (χ0) is 13.0. The Morgan fingerprint density at radius 3 is 2.78 bits per heavy atom. The number of hydrogen-bond donors (Lipinski definition) is 1. The van der Waals surface area contributed by atoms with Crippen molar-refractivity contribution >= 4 is 17.5 Å². The Morgan fingerprint density at radius 2 is 2.11 bits per heavy atom. The van der Waals surface area contributed by atoms with Crippen LogP contribution in [0.1, 0.15) is 48.2 Å². The first-order valence-corrected chi connectivity index (χ1v) is 6.96. The third kappa shape index (κ3) is 3.45. The molecule has 1 saturated carbocycles. The molecule has 0 radical (unpaired) electrons. The van der Waals surface area contributed by atoms with E-state index in [0.717, 1.165) is 12.2 Å². The minimum absolute atomic E-state index is 0.113. The van der Waals surface area contributed by atoms with E-state index in [-0.39, 0.29) is 11.1 Å². The second-order valence-electron chi connectivity index (χ2n) is 5.01. The van der Waals surface area contributed by atoms with E-state index in [1.54, 1.807) is 12.1 Å². The molecule has 1 aliphatic rings. The molecule has 0 aliphatic heterocycles. The van der Waals surface area contributed by atoms with Crippen LogP contribution >= 0.6 is 11.6 Å². The molecule has 1 N–H and O–H groups in total. The van der Waals surface area contributed by atoms with E-state index in [2.05, 4.69) is 10.3 Å². The first kappa shape index (κ1) is 13.3. The number of rotatable bonds is 3. The van der Waals surface area contributed by atoms with Gasteiger partial charge in [0, 0.05) is 12.2 Å². The maximum absolute atomic E-state index is 12.0. The van der Waals surface area contributed by atoms with Crippen LogP contribution in [0.5, 0.6) is 0 Å². The molecular weight excluding hydrogens is 248 g/mol. The van der Waals surface area contributed by atoms with Crippen LogP contribution in [-0.4, -0.2) is 17.4 Å². The van der Waals surface area contributed by atoms with Gasteiger partial charge in [-0.15, -0.1) is 0 Å². The van der Waals surface area contributed by atoms with E-state index >= 15 is 0 Å². The Bertz CT molecular complexity index is 428. The Labute approximate surface area is 113 Å². The molecule has 3 nitrogen and oxygen atoms in total. The van der Waals surface area contributed by atoms with Gasteiger partial charge in [0.05, 0.1) is 5.56 Å². The maximum atomic E-state index is 12.0. The van der Waals surface area contributed by atoms with Gasteiger partial charge in [-0.25, -0.2) is 4.98 Å².